The molecule has 1 saturated heterocycles. The molecule has 2 atom stereocenters. The van der Waals surface area contributed by atoms with Crippen LogP contribution < -0.4 is 10.1 Å². The Bertz CT molecular complexity index is 795. The van der Waals surface area contributed by atoms with E-state index in [1.165, 1.54) is 5.56 Å². The summed E-state index contributed by atoms with van der Waals surface area (Å²) in [6, 6.07) is 14.2. The first-order chi connectivity index (χ1) is 15.0. The molecular formula is C25H35N3O3. The molecule has 0 spiro atoms. The molecule has 1 aromatic carbocycles. The minimum absolute atomic E-state index is 0.00960. The number of nitrogens with one attached hydrogen (secondary N) is 1. The number of piperidine rings is 1. The molecule has 0 radical (unpaired) electrons. The fraction of sp³-hybridized carbons (Fsp3) is 0.520. The lowest BCUT2D eigenvalue weighted by atomic mass is 9.88. The Morgan fingerprint density at radius 1 is 1.23 bits per heavy atom. The Hall–Kier alpha value is -2.44. The van der Waals surface area contributed by atoms with Crippen molar-refractivity contribution in [1.82, 2.24) is 15.2 Å². The van der Waals surface area contributed by atoms with Crippen LogP contribution in [0.25, 0.3) is 0 Å². The van der Waals surface area contributed by atoms with Crippen LogP contribution in [0.2, 0.25) is 0 Å². The third-order valence-corrected chi connectivity index (χ3v) is 5.57. The molecule has 1 fully saturated rings. The Morgan fingerprint density at radius 2 is 2.03 bits per heavy atom. The molecule has 31 heavy (non-hydrogen) atoms. The van der Waals surface area contributed by atoms with E-state index in [9.17, 15) is 4.79 Å². The molecule has 0 aliphatic carbocycles. The predicted octanol–water partition coefficient (Wildman–Crippen LogP) is 3.97. The predicted molar refractivity (Wildman–Crippen MR) is 122 cm³/mol. The fourth-order valence-corrected chi connectivity index (χ4v) is 4.14. The number of amides is 1. The number of carbonyl (C=O) groups excluding carboxylic acids is 1. The van der Waals surface area contributed by atoms with Gasteiger partial charge in [0.1, 0.15) is 5.75 Å². The maximum Gasteiger partial charge on any atom is 0.222 e. The number of hydrogen-bond donors (Lipinski definition) is 1. The molecule has 1 amide bonds. The zero-order valence-electron chi connectivity index (χ0n) is 18.9. The van der Waals surface area contributed by atoms with Gasteiger partial charge in [-0.1, -0.05) is 18.2 Å². The number of methoxy groups -OCH3 is 1. The normalized spacial score (nSPS) is 18.0. The van der Waals surface area contributed by atoms with Crippen molar-refractivity contribution in [2.75, 3.05) is 26.8 Å². The van der Waals surface area contributed by atoms with E-state index in [2.05, 4.69) is 27.3 Å². The van der Waals surface area contributed by atoms with Crippen LogP contribution in [0.15, 0.2) is 48.7 Å². The highest BCUT2D eigenvalue weighted by Crippen LogP contribution is 2.30. The van der Waals surface area contributed by atoms with Gasteiger partial charge in [0.05, 0.1) is 24.4 Å². The van der Waals surface area contributed by atoms with Crippen LogP contribution >= 0.6 is 0 Å². The molecule has 1 N–H and O–H groups in total. The molecular weight excluding hydrogens is 390 g/mol. The molecule has 2 heterocycles. The maximum atomic E-state index is 12.5. The van der Waals surface area contributed by atoms with Crippen molar-refractivity contribution in [2.45, 2.75) is 51.8 Å². The van der Waals surface area contributed by atoms with E-state index >= 15 is 0 Å². The van der Waals surface area contributed by atoms with Crippen molar-refractivity contribution in [3.8, 4) is 5.75 Å². The number of nitrogens with zero attached hydrogens (tertiary/aromatic N) is 2. The fourth-order valence-electron chi connectivity index (χ4n) is 4.14. The summed E-state index contributed by atoms with van der Waals surface area (Å²) in [5, 5.41) is 3.22. The van der Waals surface area contributed by atoms with Gasteiger partial charge in [0, 0.05) is 32.8 Å². The highest BCUT2D eigenvalue weighted by Gasteiger charge is 2.30. The van der Waals surface area contributed by atoms with Gasteiger partial charge in [0.15, 0.2) is 0 Å². The lowest BCUT2D eigenvalue weighted by molar-refractivity contribution is -0.123. The quantitative estimate of drug-likeness (QED) is 0.624. The Balaban J connectivity index is 1.66. The van der Waals surface area contributed by atoms with E-state index in [0.29, 0.717) is 18.9 Å². The molecule has 2 aromatic rings. The second-order valence-corrected chi connectivity index (χ2v) is 8.49. The molecule has 2 unspecified atom stereocenters. The van der Waals surface area contributed by atoms with Crippen LogP contribution in [-0.4, -0.2) is 48.7 Å². The Morgan fingerprint density at radius 3 is 2.71 bits per heavy atom. The van der Waals surface area contributed by atoms with Crippen molar-refractivity contribution in [3.63, 3.8) is 0 Å². The molecule has 1 aromatic heterocycles. The van der Waals surface area contributed by atoms with Gasteiger partial charge in [-0.05, 0) is 69.0 Å². The van der Waals surface area contributed by atoms with E-state index in [4.69, 9.17) is 9.47 Å². The SMILES string of the molecule is COCCC(=O)NC(c1ccccn1)C1CCCN(Cc2ccc(OC(C)C)cc2)C1. The third kappa shape index (κ3) is 7.33. The molecule has 1 aliphatic rings. The average molecular weight is 426 g/mol. The van der Waals surface area contributed by atoms with Gasteiger partial charge >= 0.3 is 0 Å². The van der Waals surface area contributed by atoms with Crippen molar-refractivity contribution in [2.24, 2.45) is 5.92 Å². The number of aromatic nitrogens is 1. The van der Waals surface area contributed by atoms with E-state index in [0.717, 1.165) is 43.9 Å². The highest BCUT2D eigenvalue weighted by atomic mass is 16.5. The van der Waals surface area contributed by atoms with Crippen LogP contribution in [-0.2, 0) is 16.1 Å². The number of pyridine rings is 1. The van der Waals surface area contributed by atoms with Gasteiger partial charge in [-0.2, -0.15) is 0 Å². The zero-order chi connectivity index (χ0) is 22.1. The van der Waals surface area contributed by atoms with Gasteiger partial charge in [-0.3, -0.25) is 14.7 Å². The summed E-state index contributed by atoms with van der Waals surface area (Å²) >= 11 is 0. The first-order valence-electron chi connectivity index (χ1n) is 11.2. The third-order valence-electron chi connectivity index (χ3n) is 5.57. The van der Waals surface area contributed by atoms with Crippen LogP contribution in [0.5, 0.6) is 5.75 Å². The summed E-state index contributed by atoms with van der Waals surface area (Å²) < 4.78 is 10.8. The number of hydrogen-bond acceptors (Lipinski definition) is 5. The maximum absolute atomic E-state index is 12.5. The summed E-state index contributed by atoms with van der Waals surface area (Å²) in [5.74, 6) is 1.23. The Labute approximate surface area is 186 Å². The van der Waals surface area contributed by atoms with Gasteiger partial charge in [-0.25, -0.2) is 0 Å². The summed E-state index contributed by atoms with van der Waals surface area (Å²) in [4.78, 5) is 19.5. The van der Waals surface area contributed by atoms with E-state index in [1.54, 1.807) is 13.3 Å². The second-order valence-electron chi connectivity index (χ2n) is 8.49. The molecule has 0 bridgehead atoms. The summed E-state index contributed by atoms with van der Waals surface area (Å²) in [5.41, 5.74) is 2.20. The zero-order valence-corrected chi connectivity index (χ0v) is 18.9. The molecule has 3 rings (SSSR count). The van der Waals surface area contributed by atoms with Crippen LogP contribution in [0.1, 0.15) is 50.4 Å². The molecule has 6 heteroatoms. The lowest BCUT2D eigenvalue weighted by Crippen LogP contribution is -2.43. The topological polar surface area (TPSA) is 63.7 Å². The standard InChI is InChI=1S/C25H35N3O3/c1-19(2)31-22-11-9-20(10-12-22)17-28-15-6-7-21(18-28)25(23-8-4-5-14-26-23)27-24(29)13-16-30-3/h4-5,8-12,14,19,21,25H,6-7,13,15-18H2,1-3H3,(H,27,29). The molecule has 6 nitrogen and oxygen atoms in total. The number of likely N-dealkylation sites (tertiary alicyclic amines) is 1. The van der Waals surface area contributed by atoms with Crippen LogP contribution in [0.3, 0.4) is 0 Å². The van der Waals surface area contributed by atoms with E-state index < -0.39 is 0 Å². The lowest BCUT2D eigenvalue weighted by Gasteiger charge is -2.37. The first-order valence-corrected chi connectivity index (χ1v) is 11.2. The largest absolute Gasteiger partial charge is 0.491 e. The Kier molecular flexibility index (Phi) is 8.85. The van der Waals surface area contributed by atoms with Gasteiger partial charge in [-0.15, -0.1) is 0 Å². The van der Waals surface area contributed by atoms with Crippen molar-refractivity contribution in [1.29, 1.82) is 0 Å². The minimum Gasteiger partial charge on any atom is -0.491 e. The van der Waals surface area contributed by atoms with E-state index in [1.807, 2.05) is 44.2 Å². The van der Waals surface area contributed by atoms with Gasteiger partial charge in [0.2, 0.25) is 5.91 Å². The van der Waals surface area contributed by atoms with Crippen molar-refractivity contribution in [3.05, 3.63) is 59.9 Å². The number of carbonyl (C=O) groups is 1. The second kappa shape index (κ2) is 11.8. The number of ether oxygens (including phenoxy) is 2. The summed E-state index contributed by atoms with van der Waals surface area (Å²) in [7, 11) is 1.62. The van der Waals surface area contributed by atoms with Crippen LogP contribution in [0, 0.1) is 5.92 Å². The summed E-state index contributed by atoms with van der Waals surface area (Å²) in [6.45, 7) is 7.38. The van der Waals surface area contributed by atoms with Gasteiger partial charge < -0.3 is 14.8 Å². The van der Waals surface area contributed by atoms with Gasteiger partial charge in [0.25, 0.3) is 0 Å². The minimum atomic E-state index is -0.0878. The summed E-state index contributed by atoms with van der Waals surface area (Å²) in [6.07, 6.45) is 4.52. The highest BCUT2D eigenvalue weighted by molar-refractivity contribution is 5.76. The van der Waals surface area contributed by atoms with Crippen LogP contribution in [0.4, 0.5) is 0 Å². The molecule has 168 valence electrons. The van der Waals surface area contributed by atoms with Crippen molar-refractivity contribution >= 4 is 5.91 Å². The molecule has 1 aliphatic heterocycles. The van der Waals surface area contributed by atoms with E-state index in [-0.39, 0.29) is 18.1 Å². The monoisotopic (exact) mass is 425 g/mol. The molecule has 0 saturated carbocycles. The number of benzene rings is 1. The van der Waals surface area contributed by atoms with Crippen molar-refractivity contribution < 1.29 is 14.3 Å². The smallest absolute Gasteiger partial charge is 0.222 e. The number of rotatable bonds is 10. The average Bonchev–Trinajstić information content (AvgIpc) is 2.78. The first kappa shape index (κ1) is 23.2.